The Balaban J connectivity index is 3.16. The van der Waals surface area contributed by atoms with Crippen LogP contribution in [0.3, 0.4) is 0 Å². The number of rotatable bonds is 5. The van der Waals surface area contributed by atoms with E-state index in [2.05, 4.69) is 0 Å². The van der Waals surface area contributed by atoms with Gasteiger partial charge in [0.1, 0.15) is 0 Å². The third-order valence-corrected chi connectivity index (χ3v) is 2.82. The number of thioether (sulfide) groups is 1. The number of nitro benzene ring substituents is 2. The Kier molecular flexibility index (Phi) is 4.18. The van der Waals surface area contributed by atoms with Gasteiger partial charge < -0.3 is 10.2 Å². The number of hydrogen-bond donors (Lipinski definition) is 2. The molecule has 0 saturated carbocycles. The molecule has 10 heteroatoms. The number of carboxylic acid groups (broad SMARTS) is 1. The number of hydrogen-bond acceptors (Lipinski definition) is 7. The first kappa shape index (κ1) is 13.9. The molecular formula is C8H6N2O7S. The maximum atomic E-state index is 10.7. The van der Waals surface area contributed by atoms with E-state index in [1.165, 1.54) is 0 Å². The van der Waals surface area contributed by atoms with Gasteiger partial charge in [-0.25, -0.2) is 4.79 Å². The maximum Gasteiger partial charge on any atom is 0.343 e. The van der Waals surface area contributed by atoms with Crippen molar-refractivity contribution >= 4 is 29.1 Å². The fraction of sp³-hybridized carbons (Fsp3) is 0.125. The van der Waals surface area contributed by atoms with Crippen LogP contribution in [0, 0.1) is 20.2 Å². The third-order valence-electron chi connectivity index (χ3n) is 1.80. The van der Waals surface area contributed by atoms with Gasteiger partial charge in [-0.2, -0.15) is 0 Å². The molecule has 0 aromatic heterocycles. The SMILES string of the molecule is O=C(O)C(O)Sc1ccc([N+](=O)[O-])cc1[N+](=O)[O-]. The smallest absolute Gasteiger partial charge is 0.343 e. The van der Waals surface area contributed by atoms with E-state index in [9.17, 15) is 25.0 Å². The molecule has 0 aliphatic heterocycles. The van der Waals surface area contributed by atoms with Crippen LogP contribution in [0.25, 0.3) is 0 Å². The number of aliphatic hydroxyl groups is 1. The summed E-state index contributed by atoms with van der Waals surface area (Å²) < 4.78 is 0. The Morgan fingerprint density at radius 2 is 1.89 bits per heavy atom. The van der Waals surface area contributed by atoms with Crippen LogP contribution in [0.15, 0.2) is 23.1 Å². The molecule has 0 amide bonds. The van der Waals surface area contributed by atoms with Crippen LogP contribution < -0.4 is 0 Å². The summed E-state index contributed by atoms with van der Waals surface area (Å²) in [5.41, 5.74) is -3.00. The van der Waals surface area contributed by atoms with E-state index in [1.54, 1.807) is 0 Å². The van der Waals surface area contributed by atoms with Gasteiger partial charge >= 0.3 is 5.97 Å². The lowest BCUT2D eigenvalue weighted by atomic mass is 10.3. The number of aliphatic hydroxyl groups excluding tert-OH is 1. The summed E-state index contributed by atoms with van der Waals surface area (Å²) in [6.45, 7) is 0. The molecule has 18 heavy (non-hydrogen) atoms. The maximum absolute atomic E-state index is 10.7. The van der Waals surface area contributed by atoms with Crippen LogP contribution in [0.5, 0.6) is 0 Å². The fourth-order valence-electron chi connectivity index (χ4n) is 1.03. The lowest BCUT2D eigenvalue weighted by molar-refractivity contribution is -0.396. The second kappa shape index (κ2) is 5.42. The van der Waals surface area contributed by atoms with Gasteiger partial charge in [0.2, 0.25) is 5.44 Å². The van der Waals surface area contributed by atoms with Crippen molar-refractivity contribution in [3.63, 3.8) is 0 Å². The lowest BCUT2D eigenvalue weighted by Gasteiger charge is -2.05. The van der Waals surface area contributed by atoms with Crippen LogP contribution in [0.2, 0.25) is 0 Å². The molecule has 0 saturated heterocycles. The van der Waals surface area contributed by atoms with Crippen molar-refractivity contribution in [1.29, 1.82) is 0 Å². The van der Waals surface area contributed by atoms with Crippen molar-refractivity contribution < 1.29 is 24.9 Å². The summed E-state index contributed by atoms with van der Waals surface area (Å²) in [4.78, 5) is 29.7. The zero-order valence-electron chi connectivity index (χ0n) is 8.55. The van der Waals surface area contributed by atoms with Crippen LogP contribution in [0.1, 0.15) is 0 Å². The first-order valence-corrected chi connectivity index (χ1v) is 5.21. The summed E-state index contributed by atoms with van der Waals surface area (Å²) >= 11 is 0.319. The van der Waals surface area contributed by atoms with Gasteiger partial charge in [0.05, 0.1) is 20.8 Å². The minimum absolute atomic E-state index is 0.166. The van der Waals surface area contributed by atoms with Crippen LogP contribution in [0.4, 0.5) is 11.4 Å². The number of nitrogens with zero attached hydrogens (tertiary/aromatic N) is 2. The minimum Gasteiger partial charge on any atom is -0.479 e. The molecule has 0 aliphatic rings. The summed E-state index contributed by atoms with van der Waals surface area (Å²) in [6.07, 6.45) is 0. The summed E-state index contributed by atoms with van der Waals surface area (Å²) in [7, 11) is 0. The standard InChI is InChI=1S/C8H6N2O7S/c11-7(12)8(13)18-6-2-1-4(9(14)15)3-5(6)10(16)17/h1-3,8,13H,(H,11,12). The Morgan fingerprint density at radius 1 is 1.28 bits per heavy atom. The molecule has 0 bridgehead atoms. The molecule has 1 atom stereocenters. The number of aliphatic carboxylic acids is 1. The van der Waals surface area contributed by atoms with Gasteiger partial charge in [-0.1, -0.05) is 11.8 Å². The second-order valence-corrected chi connectivity index (χ2v) is 4.10. The molecule has 0 heterocycles. The zero-order chi connectivity index (χ0) is 13.9. The van der Waals surface area contributed by atoms with Crippen molar-refractivity contribution in [3.05, 3.63) is 38.4 Å². The lowest BCUT2D eigenvalue weighted by Crippen LogP contribution is -2.14. The van der Waals surface area contributed by atoms with Crippen molar-refractivity contribution in [2.24, 2.45) is 0 Å². The molecule has 2 N–H and O–H groups in total. The molecule has 1 aromatic rings. The molecule has 1 unspecified atom stereocenters. The van der Waals surface area contributed by atoms with E-state index in [0.717, 1.165) is 12.1 Å². The number of benzene rings is 1. The average Bonchev–Trinajstić information content (AvgIpc) is 2.28. The number of non-ortho nitro benzene ring substituents is 1. The van der Waals surface area contributed by atoms with E-state index >= 15 is 0 Å². The van der Waals surface area contributed by atoms with E-state index in [4.69, 9.17) is 10.2 Å². The molecule has 0 fully saturated rings. The van der Waals surface area contributed by atoms with Gasteiger partial charge in [-0.3, -0.25) is 20.2 Å². The van der Waals surface area contributed by atoms with Gasteiger partial charge in [-0.15, -0.1) is 0 Å². The summed E-state index contributed by atoms with van der Waals surface area (Å²) in [6, 6.07) is 2.72. The average molecular weight is 274 g/mol. The molecule has 1 rings (SSSR count). The summed E-state index contributed by atoms with van der Waals surface area (Å²) in [5, 5.41) is 38.7. The number of nitro groups is 2. The fourth-order valence-corrected chi connectivity index (χ4v) is 1.77. The van der Waals surface area contributed by atoms with E-state index in [-0.39, 0.29) is 4.90 Å². The van der Waals surface area contributed by atoms with E-state index in [0.29, 0.717) is 17.8 Å². The van der Waals surface area contributed by atoms with Crippen molar-refractivity contribution in [1.82, 2.24) is 0 Å². The monoisotopic (exact) mass is 274 g/mol. The molecule has 1 aromatic carbocycles. The van der Waals surface area contributed by atoms with Crippen LogP contribution >= 0.6 is 11.8 Å². The quantitative estimate of drug-likeness (QED) is 0.350. The Bertz CT molecular complexity index is 518. The van der Waals surface area contributed by atoms with Crippen LogP contribution in [-0.4, -0.2) is 31.5 Å². The predicted molar refractivity (Wildman–Crippen MR) is 59.3 cm³/mol. The molecule has 96 valence electrons. The third kappa shape index (κ3) is 3.15. The molecule has 0 spiro atoms. The van der Waals surface area contributed by atoms with Crippen LogP contribution in [-0.2, 0) is 4.79 Å². The van der Waals surface area contributed by atoms with Gasteiger partial charge in [0, 0.05) is 6.07 Å². The summed E-state index contributed by atoms with van der Waals surface area (Å²) in [5.74, 6) is -1.56. The Labute approximate surface area is 103 Å². The first-order valence-electron chi connectivity index (χ1n) is 4.33. The Morgan fingerprint density at radius 3 is 2.33 bits per heavy atom. The topological polar surface area (TPSA) is 144 Å². The molecule has 9 nitrogen and oxygen atoms in total. The highest BCUT2D eigenvalue weighted by Crippen LogP contribution is 2.34. The highest BCUT2D eigenvalue weighted by atomic mass is 32.2. The normalized spacial score (nSPS) is 11.8. The highest BCUT2D eigenvalue weighted by Gasteiger charge is 2.24. The van der Waals surface area contributed by atoms with E-state index < -0.39 is 32.6 Å². The highest BCUT2D eigenvalue weighted by molar-refractivity contribution is 8.00. The molecule has 0 radical (unpaired) electrons. The largest absolute Gasteiger partial charge is 0.479 e. The van der Waals surface area contributed by atoms with Gasteiger partial charge in [-0.05, 0) is 6.07 Å². The second-order valence-electron chi connectivity index (χ2n) is 2.97. The van der Waals surface area contributed by atoms with Gasteiger partial charge in [0.15, 0.2) is 0 Å². The van der Waals surface area contributed by atoms with Gasteiger partial charge in [0.25, 0.3) is 11.4 Å². The predicted octanol–water partition coefficient (Wildman–Crippen LogP) is 0.998. The first-order chi connectivity index (χ1) is 8.32. The zero-order valence-corrected chi connectivity index (χ0v) is 9.36. The molecular weight excluding hydrogens is 268 g/mol. The molecule has 0 aliphatic carbocycles. The Hall–Kier alpha value is -2.20. The van der Waals surface area contributed by atoms with E-state index in [1.807, 2.05) is 0 Å². The van der Waals surface area contributed by atoms with Crippen molar-refractivity contribution in [3.8, 4) is 0 Å². The number of carboxylic acids is 1. The van der Waals surface area contributed by atoms with Crippen molar-refractivity contribution in [2.75, 3.05) is 0 Å². The minimum atomic E-state index is -1.88. The number of carbonyl (C=O) groups is 1. The van der Waals surface area contributed by atoms with Crippen molar-refractivity contribution in [2.45, 2.75) is 10.3 Å².